The molecule has 0 amide bonds. The van der Waals surface area contributed by atoms with Gasteiger partial charge in [0, 0.05) is 30.8 Å². The number of hydrogen-bond acceptors (Lipinski definition) is 6. The molecule has 0 bridgehead atoms. The van der Waals surface area contributed by atoms with Crippen LogP contribution in [0.25, 0.3) is 11.4 Å². The summed E-state index contributed by atoms with van der Waals surface area (Å²) < 4.78 is 0. The van der Waals surface area contributed by atoms with E-state index in [1.54, 1.807) is 12.1 Å². The molecule has 1 aromatic carbocycles. The zero-order valence-corrected chi connectivity index (χ0v) is 15.0. The molecule has 0 saturated carbocycles. The maximum Gasteiger partial charge on any atom is 0.165 e. The molecule has 134 valence electrons. The number of aryl methyl sites for hydroxylation is 2. The molecule has 4 rings (SSSR count). The summed E-state index contributed by atoms with van der Waals surface area (Å²) in [5.41, 5.74) is 1.54. The number of phenols is 1. The van der Waals surface area contributed by atoms with Crippen molar-refractivity contribution >= 4 is 5.82 Å². The third-order valence-electron chi connectivity index (χ3n) is 4.78. The second-order valence-corrected chi connectivity index (χ2v) is 6.75. The maximum absolute atomic E-state index is 10.1. The third-order valence-corrected chi connectivity index (χ3v) is 4.78. The number of rotatable bonds is 3. The van der Waals surface area contributed by atoms with Gasteiger partial charge in [-0.05, 0) is 38.8 Å². The summed E-state index contributed by atoms with van der Waals surface area (Å²) in [6.45, 7) is 5.68. The van der Waals surface area contributed by atoms with E-state index >= 15 is 0 Å². The predicted molar refractivity (Wildman–Crippen MR) is 99.2 cm³/mol. The minimum atomic E-state index is 0.197. The van der Waals surface area contributed by atoms with Crippen LogP contribution < -0.4 is 4.90 Å². The van der Waals surface area contributed by atoms with Crippen molar-refractivity contribution in [2.75, 3.05) is 18.0 Å². The van der Waals surface area contributed by atoms with E-state index < -0.39 is 0 Å². The van der Waals surface area contributed by atoms with Crippen LogP contribution in [0.3, 0.4) is 0 Å². The van der Waals surface area contributed by atoms with Crippen molar-refractivity contribution in [3.8, 4) is 17.1 Å². The van der Waals surface area contributed by atoms with Crippen LogP contribution in [-0.4, -0.2) is 43.3 Å². The number of nitrogens with one attached hydrogen (secondary N) is 1. The van der Waals surface area contributed by atoms with Crippen LogP contribution in [0.1, 0.15) is 36.1 Å². The van der Waals surface area contributed by atoms with Crippen LogP contribution in [0.4, 0.5) is 5.82 Å². The van der Waals surface area contributed by atoms with Gasteiger partial charge in [-0.25, -0.2) is 15.0 Å². The first-order chi connectivity index (χ1) is 12.6. The Bertz CT molecular complexity index is 914. The molecule has 1 aliphatic heterocycles. The van der Waals surface area contributed by atoms with Gasteiger partial charge >= 0.3 is 0 Å². The first-order valence-electron chi connectivity index (χ1n) is 8.88. The molecule has 3 aromatic rings. The van der Waals surface area contributed by atoms with Gasteiger partial charge in [-0.15, -0.1) is 0 Å². The van der Waals surface area contributed by atoms with Gasteiger partial charge < -0.3 is 10.0 Å². The molecule has 2 N–H and O–H groups in total. The molecule has 1 aliphatic rings. The number of aromatic amines is 1. The van der Waals surface area contributed by atoms with E-state index in [4.69, 9.17) is 4.98 Å². The van der Waals surface area contributed by atoms with E-state index in [9.17, 15) is 5.11 Å². The monoisotopic (exact) mass is 350 g/mol. The van der Waals surface area contributed by atoms with Crippen molar-refractivity contribution in [1.82, 2.24) is 25.1 Å². The van der Waals surface area contributed by atoms with Crippen molar-refractivity contribution in [2.45, 2.75) is 32.6 Å². The van der Waals surface area contributed by atoms with Gasteiger partial charge in [0.1, 0.15) is 17.4 Å². The van der Waals surface area contributed by atoms with Gasteiger partial charge in [0.05, 0.1) is 5.56 Å². The zero-order valence-electron chi connectivity index (χ0n) is 15.0. The molecule has 2 aromatic heterocycles. The van der Waals surface area contributed by atoms with Crippen molar-refractivity contribution < 1.29 is 5.11 Å². The highest BCUT2D eigenvalue weighted by Gasteiger charge is 2.25. The lowest BCUT2D eigenvalue weighted by Crippen LogP contribution is -2.34. The Morgan fingerprint density at radius 2 is 1.85 bits per heavy atom. The molecule has 3 heterocycles. The highest BCUT2D eigenvalue weighted by molar-refractivity contribution is 5.65. The Hall–Kier alpha value is -2.96. The number of H-pyrrole nitrogens is 1. The van der Waals surface area contributed by atoms with E-state index in [2.05, 4.69) is 25.1 Å². The number of piperidine rings is 1. The average Bonchev–Trinajstić information content (AvgIpc) is 3.08. The fraction of sp³-hybridized carbons (Fsp3) is 0.368. The lowest BCUT2D eigenvalue weighted by molar-refractivity contribution is 0.476. The van der Waals surface area contributed by atoms with Gasteiger partial charge in [0.25, 0.3) is 0 Å². The van der Waals surface area contributed by atoms with E-state index in [0.717, 1.165) is 49.1 Å². The summed E-state index contributed by atoms with van der Waals surface area (Å²) in [4.78, 5) is 16.0. The van der Waals surface area contributed by atoms with Crippen molar-refractivity contribution in [2.24, 2.45) is 0 Å². The number of anilines is 1. The number of hydrogen-bond donors (Lipinski definition) is 2. The number of nitrogens with zero attached hydrogens (tertiary/aromatic N) is 5. The molecule has 26 heavy (non-hydrogen) atoms. The Kier molecular flexibility index (Phi) is 4.28. The molecule has 1 fully saturated rings. The molecular weight excluding hydrogens is 328 g/mol. The first-order valence-corrected chi connectivity index (χ1v) is 8.88. The minimum absolute atomic E-state index is 0.197. The molecule has 7 heteroatoms. The topological polar surface area (TPSA) is 90.8 Å². The SMILES string of the molecule is Cc1cc(N2CCC(c3n[nH]c(C)n3)CC2)nc(-c2ccccc2O)n1. The number of phenolic OH excluding ortho intramolecular Hbond substituents is 1. The van der Waals surface area contributed by atoms with Gasteiger partial charge in [-0.3, -0.25) is 5.10 Å². The fourth-order valence-corrected chi connectivity index (χ4v) is 3.41. The van der Waals surface area contributed by atoms with Gasteiger partial charge in [0.15, 0.2) is 11.6 Å². The Balaban J connectivity index is 1.55. The summed E-state index contributed by atoms with van der Waals surface area (Å²) >= 11 is 0. The number of aromatic hydroxyl groups is 1. The second kappa shape index (κ2) is 6.74. The van der Waals surface area contributed by atoms with E-state index in [-0.39, 0.29) is 5.75 Å². The molecule has 0 atom stereocenters. The summed E-state index contributed by atoms with van der Waals surface area (Å²) in [5, 5.41) is 17.3. The van der Waals surface area contributed by atoms with E-state index in [1.807, 2.05) is 32.0 Å². The van der Waals surface area contributed by atoms with Crippen molar-refractivity contribution in [3.05, 3.63) is 47.7 Å². The van der Waals surface area contributed by atoms with Gasteiger partial charge in [0.2, 0.25) is 0 Å². The quantitative estimate of drug-likeness (QED) is 0.755. The molecule has 0 radical (unpaired) electrons. The fourth-order valence-electron chi connectivity index (χ4n) is 3.41. The smallest absolute Gasteiger partial charge is 0.165 e. The first kappa shape index (κ1) is 16.5. The highest BCUT2D eigenvalue weighted by Crippen LogP contribution is 2.31. The molecule has 7 nitrogen and oxygen atoms in total. The predicted octanol–water partition coefficient (Wildman–Crippen LogP) is 2.97. The van der Waals surface area contributed by atoms with Crippen LogP contribution >= 0.6 is 0 Å². The molecule has 0 spiro atoms. The molecule has 0 unspecified atom stereocenters. The Labute approximate surface area is 152 Å². The van der Waals surface area contributed by atoms with Crippen molar-refractivity contribution in [1.29, 1.82) is 0 Å². The molecule has 0 aliphatic carbocycles. The van der Waals surface area contributed by atoms with Gasteiger partial charge in [-0.2, -0.15) is 5.10 Å². The lowest BCUT2D eigenvalue weighted by atomic mass is 9.96. The normalized spacial score (nSPS) is 15.4. The van der Waals surface area contributed by atoms with Crippen LogP contribution in [0.15, 0.2) is 30.3 Å². The molecule has 1 saturated heterocycles. The number of para-hydroxylation sites is 1. The van der Waals surface area contributed by atoms with Crippen LogP contribution in [0.5, 0.6) is 5.75 Å². The number of benzene rings is 1. The Morgan fingerprint density at radius 3 is 2.54 bits per heavy atom. The summed E-state index contributed by atoms with van der Waals surface area (Å²) in [7, 11) is 0. The third kappa shape index (κ3) is 3.24. The standard InChI is InChI=1S/C19H22N6O/c1-12-11-17(22-19(20-12)15-5-3-4-6-16(15)26)25-9-7-14(8-10-25)18-21-13(2)23-24-18/h3-6,11,14,26H,7-10H2,1-2H3,(H,21,23,24). The second-order valence-electron chi connectivity index (χ2n) is 6.75. The lowest BCUT2D eigenvalue weighted by Gasteiger charge is -2.32. The summed E-state index contributed by atoms with van der Waals surface area (Å²) in [6.07, 6.45) is 1.98. The summed E-state index contributed by atoms with van der Waals surface area (Å²) in [6, 6.07) is 9.17. The van der Waals surface area contributed by atoms with Crippen molar-refractivity contribution in [3.63, 3.8) is 0 Å². The largest absolute Gasteiger partial charge is 0.507 e. The van der Waals surface area contributed by atoms with Crippen LogP contribution in [0.2, 0.25) is 0 Å². The van der Waals surface area contributed by atoms with Gasteiger partial charge in [-0.1, -0.05) is 12.1 Å². The van der Waals surface area contributed by atoms with E-state index in [0.29, 0.717) is 17.3 Å². The molecular formula is C19H22N6O. The zero-order chi connectivity index (χ0) is 18.1. The Morgan fingerprint density at radius 1 is 1.08 bits per heavy atom. The van der Waals surface area contributed by atoms with Crippen LogP contribution in [0, 0.1) is 13.8 Å². The minimum Gasteiger partial charge on any atom is -0.507 e. The summed E-state index contributed by atoms with van der Waals surface area (Å²) in [5.74, 6) is 3.82. The number of aromatic nitrogens is 5. The highest BCUT2D eigenvalue weighted by atomic mass is 16.3. The van der Waals surface area contributed by atoms with Crippen LogP contribution in [-0.2, 0) is 0 Å². The van der Waals surface area contributed by atoms with E-state index in [1.165, 1.54) is 0 Å². The average molecular weight is 350 g/mol. The maximum atomic E-state index is 10.1.